The first-order valence-corrected chi connectivity index (χ1v) is 5.40. The molecule has 0 aliphatic carbocycles. The summed E-state index contributed by atoms with van der Waals surface area (Å²) in [6.07, 6.45) is 0. The summed E-state index contributed by atoms with van der Waals surface area (Å²) in [5, 5.41) is 0.852. The van der Waals surface area contributed by atoms with Crippen LogP contribution in [0.5, 0.6) is 5.75 Å². The standard InChI is InChI=1S/C12H14N2O4/c1-16-4-5-17-9-2-3-10-8(6-9)7-11(14-10)12(15)18-13/h2-3,6-7,14H,4-5,13H2,1H3. The van der Waals surface area contributed by atoms with Crippen LogP contribution in [0.15, 0.2) is 24.3 Å². The number of ether oxygens (including phenoxy) is 2. The lowest BCUT2D eigenvalue weighted by molar-refractivity contribution is 0.0497. The number of hydrogen-bond donors (Lipinski definition) is 2. The van der Waals surface area contributed by atoms with Crippen LogP contribution < -0.4 is 10.6 Å². The largest absolute Gasteiger partial charge is 0.491 e. The molecule has 0 amide bonds. The van der Waals surface area contributed by atoms with Crippen LogP contribution >= 0.6 is 0 Å². The molecule has 0 radical (unpaired) electrons. The molecule has 2 rings (SSSR count). The maximum atomic E-state index is 11.3. The van der Waals surface area contributed by atoms with Gasteiger partial charge < -0.3 is 19.3 Å². The number of aromatic amines is 1. The SMILES string of the molecule is COCCOc1ccc2[nH]c(C(=O)ON)cc2c1. The van der Waals surface area contributed by atoms with Gasteiger partial charge in [0.25, 0.3) is 0 Å². The van der Waals surface area contributed by atoms with E-state index in [1.165, 1.54) is 0 Å². The average Bonchev–Trinajstić information content (AvgIpc) is 2.81. The molecule has 18 heavy (non-hydrogen) atoms. The molecule has 0 fully saturated rings. The summed E-state index contributed by atoms with van der Waals surface area (Å²) in [4.78, 5) is 18.3. The summed E-state index contributed by atoms with van der Waals surface area (Å²) in [6, 6.07) is 7.12. The van der Waals surface area contributed by atoms with E-state index >= 15 is 0 Å². The number of hydrogen-bond acceptors (Lipinski definition) is 5. The Morgan fingerprint density at radius 3 is 2.89 bits per heavy atom. The highest BCUT2D eigenvalue weighted by Gasteiger charge is 2.10. The van der Waals surface area contributed by atoms with Crippen molar-refractivity contribution in [2.45, 2.75) is 0 Å². The fraction of sp³-hybridized carbons (Fsp3) is 0.250. The molecule has 0 spiro atoms. The molecule has 0 atom stereocenters. The van der Waals surface area contributed by atoms with Gasteiger partial charge in [0.1, 0.15) is 18.1 Å². The number of carbonyl (C=O) groups is 1. The average molecular weight is 250 g/mol. The Hall–Kier alpha value is -2.05. The van der Waals surface area contributed by atoms with Crippen LogP contribution in [0.1, 0.15) is 10.5 Å². The van der Waals surface area contributed by atoms with Crippen molar-refractivity contribution in [1.29, 1.82) is 0 Å². The molecule has 3 N–H and O–H groups in total. The van der Waals surface area contributed by atoms with E-state index in [-0.39, 0.29) is 0 Å². The number of carbonyl (C=O) groups excluding carboxylic acids is 1. The van der Waals surface area contributed by atoms with Gasteiger partial charge >= 0.3 is 5.97 Å². The lowest BCUT2D eigenvalue weighted by Gasteiger charge is -2.04. The number of nitrogens with two attached hydrogens (primary N) is 1. The predicted octanol–water partition coefficient (Wildman–Crippen LogP) is 1.22. The monoisotopic (exact) mass is 250 g/mol. The molecule has 96 valence electrons. The molecule has 0 unspecified atom stereocenters. The van der Waals surface area contributed by atoms with Gasteiger partial charge in [0.2, 0.25) is 0 Å². The summed E-state index contributed by atoms with van der Waals surface area (Å²) in [5.74, 6) is 4.94. The smallest absolute Gasteiger partial charge is 0.373 e. The minimum Gasteiger partial charge on any atom is -0.491 e. The summed E-state index contributed by atoms with van der Waals surface area (Å²) in [5.41, 5.74) is 1.12. The van der Waals surface area contributed by atoms with Crippen molar-refractivity contribution < 1.29 is 19.1 Å². The zero-order valence-electron chi connectivity index (χ0n) is 9.93. The fourth-order valence-electron chi connectivity index (χ4n) is 1.62. The fourth-order valence-corrected chi connectivity index (χ4v) is 1.62. The Kier molecular flexibility index (Phi) is 3.81. The van der Waals surface area contributed by atoms with Gasteiger partial charge in [0.15, 0.2) is 0 Å². The highest BCUT2D eigenvalue weighted by atomic mass is 16.7. The van der Waals surface area contributed by atoms with Crippen LogP contribution in [-0.2, 0) is 9.57 Å². The van der Waals surface area contributed by atoms with Gasteiger partial charge in [-0.05, 0) is 24.3 Å². The maximum Gasteiger partial charge on any atom is 0.373 e. The van der Waals surface area contributed by atoms with E-state index in [1.54, 1.807) is 13.2 Å². The molecule has 0 bridgehead atoms. The van der Waals surface area contributed by atoms with Crippen molar-refractivity contribution in [3.05, 3.63) is 30.0 Å². The molecular formula is C12H14N2O4. The maximum absolute atomic E-state index is 11.3. The highest BCUT2D eigenvalue weighted by Crippen LogP contribution is 2.21. The first-order valence-electron chi connectivity index (χ1n) is 5.40. The number of H-pyrrole nitrogens is 1. The van der Waals surface area contributed by atoms with Gasteiger partial charge in [0.05, 0.1) is 6.61 Å². The van der Waals surface area contributed by atoms with E-state index in [0.717, 1.165) is 10.9 Å². The normalized spacial score (nSPS) is 10.6. The third-order valence-electron chi connectivity index (χ3n) is 2.48. The topological polar surface area (TPSA) is 86.6 Å². The van der Waals surface area contributed by atoms with E-state index in [1.807, 2.05) is 18.2 Å². The minimum absolute atomic E-state index is 0.307. The predicted molar refractivity (Wildman–Crippen MR) is 65.3 cm³/mol. The van der Waals surface area contributed by atoms with E-state index in [9.17, 15) is 4.79 Å². The Morgan fingerprint density at radius 1 is 1.33 bits per heavy atom. The molecule has 2 aromatic rings. The third kappa shape index (κ3) is 2.61. The molecule has 6 nitrogen and oxygen atoms in total. The molecule has 0 aliphatic rings. The number of methoxy groups -OCH3 is 1. The zero-order chi connectivity index (χ0) is 13.0. The molecule has 0 aliphatic heterocycles. The van der Waals surface area contributed by atoms with Crippen molar-refractivity contribution >= 4 is 16.9 Å². The quantitative estimate of drug-likeness (QED) is 0.615. The van der Waals surface area contributed by atoms with Gasteiger partial charge in [-0.25, -0.2) is 4.79 Å². The Morgan fingerprint density at radius 2 is 2.17 bits per heavy atom. The van der Waals surface area contributed by atoms with Gasteiger partial charge in [-0.15, -0.1) is 0 Å². The van der Waals surface area contributed by atoms with E-state index in [2.05, 4.69) is 9.82 Å². The Bertz CT molecular complexity index is 550. The second-order valence-electron chi connectivity index (χ2n) is 3.68. The van der Waals surface area contributed by atoms with Crippen LogP contribution in [0.2, 0.25) is 0 Å². The van der Waals surface area contributed by atoms with Crippen LogP contribution in [0.3, 0.4) is 0 Å². The second kappa shape index (κ2) is 5.52. The minimum atomic E-state index is -0.604. The highest BCUT2D eigenvalue weighted by molar-refractivity contribution is 5.95. The lowest BCUT2D eigenvalue weighted by atomic mass is 10.2. The van der Waals surface area contributed by atoms with Crippen LogP contribution in [0.4, 0.5) is 0 Å². The van der Waals surface area contributed by atoms with Crippen LogP contribution in [0, 0.1) is 0 Å². The van der Waals surface area contributed by atoms with Gasteiger partial charge in [-0.1, -0.05) is 0 Å². The van der Waals surface area contributed by atoms with Gasteiger partial charge in [-0.3, -0.25) is 0 Å². The van der Waals surface area contributed by atoms with E-state index in [0.29, 0.717) is 24.7 Å². The summed E-state index contributed by atoms with van der Waals surface area (Å²) in [6.45, 7) is 1.00. The number of fused-ring (bicyclic) bond motifs is 1. The molecule has 6 heteroatoms. The molecule has 1 heterocycles. The second-order valence-corrected chi connectivity index (χ2v) is 3.68. The first kappa shape index (κ1) is 12.4. The number of rotatable bonds is 5. The van der Waals surface area contributed by atoms with Crippen molar-refractivity contribution in [1.82, 2.24) is 4.98 Å². The summed E-state index contributed by atoms with van der Waals surface area (Å²) >= 11 is 0. The van der Waals surface area contributed by atoms with Crippen molar-refractivity contribution in [2.24, 2.45) is 5.90 Å². The summed E-state index contributed by atoms with van der Waals surface area (Å²) in [7, 11) is 1.61. The third-order valence-corrected chi connectivity index (χ3v) is 2.48. The Labute approximate surface area is 104 Å². The first-order chi connectivity index (χ1) is 8.74. The molecular weight excluding hydrogens is 236 g/mol. The van der Waals surface area contributed by atoms with E-state index in [4.69, 9.17) is 15.4 Å². The van der Waals surface area contributed by atoms with E-state index < -0.39 is 5.97 Å². The van der Waals surface area contributed by atoms with Crippen molar-refractivity contribution in [3.8, 4) is 5.75 Å². The molecule has 0 saturated carbocycles. The van der Waals surface area contributed by atoms with Gasteiger partial charge in [0, 0.05) is 18.0 Å². The van der Waals surface area contributed by atoms with Crippen molar-refractivity contribution in [2.75, 3.05) is 20.3 Å². The molecule has 1 aromatic carbocycles. The zero-order valence-corrected chi connectivity index (χ0v) is 9.93. The summed E-state index contributed by atoms with van der Waals surface area (Å²) < 4.78 is 10.4. The number of nitrogens with one attached hydrogen (secondary N) is 1. The van der Waals surface area contributed by atoms with Gasteiger partial charge in [-0.2, -0.15) is 5.90 Å². The number of benzene rings is 1. The Balaban J connectivity index is 2.20. The molecule has 1 aromatic heterocycles. The lowest BCUT2D eigenvalue weighted by Crippen LogP contribution is -2.10. The molecule has 0 saturated heterocycles. The van der Waals surface area contributed by atoms with Crippen LogP contribution in [0.25, 0.3) is 10.9 Å². The number of aromatic nitrogens is 1. The van der Waals surface area contributed by atoms with Crippen LogP contribution in [-0.4, -0.2) is 31.3 Å². The van der Waals surface area contributed by atoms with Crippen molar-refractivity contribution in [3.63, 3.8) is 0 Å².